The highest BCUT2D eigenvalue weighted by atomic mass is 19.3. The van der Waals surface area contributed by atoms with Crippen LogP contribution in [-0.2, 0) is 0 Å². The molecular formula is C9H18F4N2. The number of hydrogen-bond donors (Lipinski definition) is 2. The lowest BCUT2D eigenvalue weighted by Crippen LogP contribution is -2.45. The quantitative estimate of drug-likeness (QED) is 0.491. The van der Waals surface area contributed by atoms with Crippen LogP contribution in [0.25, 0.3) is 0 Å². The predicted octanol–water partition coefficient (Wildman–Crippen LogP) is 1.86. The van der Waals surface area contributed by atoms with Crippen LogP contribution in [0.4, 0.5) is 17.6 Å². The molecule has 2 nitrogen and oxygen atoms in total. The molecule has 0 amide bonds. The third-order valence-electron chi connectivity index (χ3n) is 1.88. The Morgan fingerprint density at radius 2 is 1.87 bits per heavy atom. The van der Waals surface area contributed by atoms with Crippen molar-refractivity contribution in [1.82, 2.24) is 10.6 Å². The molecule has 92 valence electrons. The molecule has 0 rings (SSSR count). The lowest BCUT2D eigenvalue weighted by atomic mass is 10.3. The number of alkyl halides is 4. The number of halogens is 4. The average molecular weight is 230 g/mol. The molecule has 0 bridgehead atoms. The second kappa shape index (κ2) is 7.00. The smallest absolute Gasteiger partial charge is 0.315 e. The maximum absolute atomic E-state index is 12.5. The monoisotopic (exact) mass is 230 g/mol. The van der Waals surface area contributed by atoms with E-state index < -0.39 is 18.9 Å². The van der Waals surface area contributed by atoms with Crippen LogP contribution in [0.3, 0.4) is 0 Å². The predicted molar refractivity (Wildman–Crippen MR) is 51.6 cm³/mol. The highest BCUT2D eigenvalue weighted by molar-refractivity contribution is 4.75. The van der Waals surface area contributed by atoms with Gasteiger partial charge in [0.25, 0.3) is 0 Å². The first-order valence-electron chi connectivity index (χ1n) is 5.00. The maximum atomic E-state index is 12.5. The van der Waals surface area contributed by atoms with Crippen molar-refractivity contribution in [1.29, 1.82) is 0 Å². The minimum atomic E-state index is -3.95. The molecular weight excluding hydrogens is 212 g/mol. The Kier molecular flexibility index (Phi) is 6.84. The molecule has 0 aliphatic rings. The topological polar surface area (TPSA) is 24.1 Å². The van der Waals surface area contributed by atoms with Crippen LogP contribution in [0.15, 0.2) is 0 Å². The SMILES string of the molecule is CCCNCC(C)NCC(F)(F)C(F)F. The molecule has 2 N–H and O–H groups in total. The summed E-state index contributed by atoms with van der Waals surface area (Å²) in [5, 5.41) is 5.38. The molecule has 0 saturated carbocycles. The first-order valence-corrected chi connectivity index (χ1v) is 5.00. The van der Waals surface area contributed by atoms with Crippen molar-refractivity contribution in [3.63, 3.8) is 0 Å². The Morgan fingerprint density at radius 3 is 2.33 bits per heavy atom. The first-order chi connectivity index (χ1) is 6.90. The van der Waals surface area contributed by atoms with E-state index in [0.717, 1.165) is 13.0 Å². The van der Waals surface area contributed by atoms with Gasteiger partial charge in [-0.25, -0.2) is 8.78 Å². The van der Waals surface area contributed by atoms with Gasteiger partial charge in [0.2, 0.25) is 0 Å². The molecule has 1 atom stereocenters. The molecule has 0 aromatic heterocycles. The molecule has 0 spiro atoms. The molecule has 0 aromatic rings. The fraction of sp³-hybridized carbons (Fsp3) is 1.00. The van der Waals surface area contributed by atoms with E-state index in [4.69, 9.17) is 0 Å². The van der Waals surface area contributed by atoms with Crippen LogP contribution in [0.1, 0.15) is 20.3 Å². The lowest BCUT2D eigenvalue weighted by molar-refractivity contribution is -0.126. The summed E-state index contributed by atoms with van der Waals surface area (Å²) in [6.45, 7) is 3.95. The zero-order valence-corrected chi connectivity index (χ0v) is 8.99. The van der Waals surface area contributed by atoms with Crippen LogP contribution in [0.5, 0.6) is 0 Å². The van der Waals surface area contributed by atoms with Gasteiger partial charge in [0.1, 0.15) is 0 Å². The molecule has 1 unspecified atom stereocenters. The van der Waals surface area contributed by atoms with Crippen molar-refractivity contribution in [2.75, 3.05) is 19.6 Å². The van der Waals surface area contributed by atoms with Gasteiger partial charge < -0.3 is 10.6 Å². The summed E-state index contributed by atoms with van der Waals surface area (Å²) in [6, 6.07) is -0.249. The van der Waals surface area contributed by atoms with Crippen molar-refractivity contribution in [3.8, 4) is 0 Å². The fourth-order valence-electron chi connectivity index (χ4n) is 0.955. The molecule has 6 heteroatoms. The van der Waals surface area contributed by atoms with Crippen LogP contribution in [0.2, 0.25) is 0 Å². The standard InChI is InChI=1S/C9H18F4N2/c1-3-4-14-5-7(2)15-6-9(12,13)8(10)11/h7-8,14-15H,3-6H2,1-2H3. The van der Waals surface area contributed by atoms with Gasteiger partial charge in [0.05, 0.1) is 6.54 Å². The summed E-state index contributed by atoms with van der Waals surface area (Å²) >= 11 is 0. The molecule has 0 heterocycles. The summed E-state index contributed by atoms with van der Waals surface area (Å²) in [6.07, 6.45) is -2.67. The highest BCUT2D eigenvalue weighted by Crippen LogP contribution is 2.21. The molecule has 0 aromatic carbocycles. The van der Waals surface area contributed by atoms with E-state index >= 15 is 0 Å². The van der Waals surface area contributed by atoms with Gasteiger partial charge in [0.15, 0.2) is 0 Å². The molecule has 0 aliphatic heterocycles. The van der Waals surface area contributed by atoms with Gasteiger partial charge in [-0.3, -0.25) is 0 Å². The van der Waals surface area contributed by atoms with Crippen molar-refractivity contribution in [2.24, 2.45) is 0 Å². The van der Waals surface area contributed by atoms with Crippen LogP contribution in [0, 0.1) is 0 Å². The van der Waals surface area contributed by atoms with Crippen molar-refractivity contribution >= 4 is 0 Å². The third-order valence-corrected chi connectivity index (χ3v) is 1.88. The second-order valence-corrected chi connectivity index (χ2v) is 3.55. The molecule has 0 aliphatic carbocycles. The van der Waals surface area contributed by atoms with Gasteiger partial charge in [0, 0.05) is 12.6 Å². The Labute approximate surface area is 87.4 Å². The normalized spacial score (nSPS) is 14.6. The van der Waals surface area contributed by atoms with E-state index in [1.165, 1.54) is 0 Å². The number of hydrogen-bond acceptors (Lipinski definition) is 2. The third kappa shape index (κ3) is 6.67. The van der Waals surface area contributed by atoms with Crippen LogP contribution < -0.4 is 10.6 Å². The first kappa shape index (κ1) is 14.6. The summed E-state index contributed by atoms with van der Waals surface area (Å²) in [5.41, 5.74) is 0. The summed E-state index contributed by atoms with van der Waals surface area (Å²) in [4.78, 5) is 0. The lowest BCUT2D eigenvalue weighted by Gasteiger charge is -2.20. The van der Waals surface area contributed by atoms with E-state index in [9.17, 15) is 17.6 Å². The zero-order chi connectivity index (χ0) is 11.9. The Bertz CT molecular complexity index is 164. The summed E-state index contributed by atoms with van der Waals surface area (Å²) in [5.74, 6) is -3.95. The van der Waals surface area contributed by atoms with Crippen molar-refractivity contribution in [3.05, 3.63) is 0 Å². The number of rotatable bonds is 8. The maximum Gasteiger partial charge on any atom is 0.319 e. The average Bonchev–Trinajstić information content (AvgIpc) is 2.15. The van der Waals surface area contributed by atoms with E-state index in [0.29, 0.717) is 6.54 Å². The van der Waals surface area contributed by atoms with Gasteiger partial charge in [-0.2, -0.15) is 8.78 Å². The largest absolute Gasteiger partial charge is 0.319 e. The van der Waals surface area contributed by atoms with Crippen molar-refractivity contribution < 1.29 is 17.6 Å². The zero-order valence-electron chi connectivity index (χ0n) is 8.99. The van der Waals surface area contributed by atoms with E-state index in [-0.39, 0.29) is 6.04 Å². The van der Waals surface area contributed by atoms with Crippen LogP contribution >= 0.6 is 0 Å². The molecule has 0 saturated heterocycles. The second-order valence-electron chi connectivity index (χ2n) is 3.55. The molecule has 15 heavy (non-hydrogen) atoms. The van der Waals surface area contributed by atoms with Crippen LogP contribution in [-0.4, -0.2) is 38.0 Å². The molecule has 0 radical (unpaired) electrons. The van der Waals surface area contributed by atoms with E-state index in [1.807, 2.05) is 6.92 Å². The van der Waals surface area contributed by atoms with Gasteiger partial charge in [-0.05, 0) is 19.9 Å². The van der Waals surface area contributed by atoms with Crippen molar-refractivity contribution in [2.45, 2.75) is 38.7 Å². The van der Waals surface area contributed by atoms with Gasteiger partial charge >= 0.3 is 12.3 Å². The molecule has 0 fully saturated rings. The Balaban J connectivity index is 3.65. The van der Waals surface area contributed by atoms with Gasteiger partial charge in [-0.1, -0.05) is 6.92 Å². The fourth-order valence-corrected chi connectivity index (χ4v) is 0.955. The summed E-state index contributed by atoms with van der Waals surface area (Å²) < 4.78 is 48.5. The Hall–Kier alpha value is -0.360. The van der Waals surface area contributed by atoms with E-state index in [2.05, 4.69) is 10.6 Å². The van der Waals surface area contributed by atoms with Gasteiger partial charge in [-0.15, -0.1) is 0 Å². The highest BCUT2D eigenvalue weighted by Gasteiger charge is 2.40. The van der Waals surface area contributed by atoms with E-state index in [1.54, 1.807) is 6.92 Å². The number of nitrogens with one attached hydrogen (secondary N) is 2. The minimum Gasteiger partial charge on any atom is -0.315 e. The Morgan fingerprint density at radius 1 is 1.27 bits per heavy atom. The minimum absolute atomic E-state index is 0.249. The summed E-state index contributed by atoms with van der Waals surface area (Å²) in [7, 11) is 0.